The number of nitrogens with zero attached hydrogens (tertiary/aromatic N) is 1. The Morgan fingerprint density at radius 3 is 2.45 bits per heavy atom. The molecule has 0 saturated heterocycles. The highest BCUT2D eigenvalue weighted by Gasteiger charge is 2.09. The van der Waals surface area contributed by atoms with Crippen LogP contribution in [-0.4, -0.2) is 0 Å². The first-order valence-electron chi connectivity index (χ1n) is 3.10. The molecule has 0 spiro atoms. The van der Waals surface area contributed by atoms with Crippen LogP contribution in [0, 0.1) is 11.3 Å². The van der Waals surface area contributed by atoms with Crippen LogP contribution in [0.25, 0.3) is 0 Å². The molecule has 1 aromatic rings. The van der Waals surface area contributed by atoms with Crippen LogP contribution in [0.4, 0.5) is 4.53 Å². The lowest BCUT2D eigenvalue weighted by Gasteiger charge is -2.00. The van der Waals surface area contributed by atoms with Gasteiger partial charge in [0.1, 0.15) is 6.07 Å². The molecule has 0 aliphatic heterocycles. The molecule has 0 saturated carbocycles. The van der Waals surface area contributed by atoms with Crippen molar-refractivity contribution in [1.29, 1.82) is 5.26 Å². The summed E-state index contributed by atoms with van der Waals surface area (Å²) < 4.78 is 11.6. The number of hydrogen-bond acceptors (Lipinski definition) is 2. The normalized spacial score (nSPS) is 12.0. The fourth-order valence-corrected chi connectivity index (χ4v) is 0.774. The van der Waals surface area contributed by atoms with E-state index in [1.165, 1.54) is 0 Å². The van der Waals surface area contributed by atoms with Crippen molar-refractivity contribution in [1.82, 2.24) is 0 Å². The fourth-order valence-electron chi connectivity index (χ4n) is 0.774. The second-order valence-electron chi connectivity index (χ2n) is 2.01. The average molecular weight is 151 g/mol. The van der Waals surface area contributed by atoms with Crippen LogP contribution in [-0.2, 0) is 4.94 Å². The Balaban J connectivity index is 2.85. The van der Waals surface area contributed by atoms with Crippen LogP contribution in [0.1, 0.15) is 11.7 Å². The minimum atomic E-state index is -1.10. The van der Waals surface area contributed by atoms with Gasteiger partial charge in [0.05, 0.1) is 0 Å². The summed E-state index contributed by atoms with van der Waals surface area (Å²) in [5, 5.41) is 8.36. The van der Waals surface area contributed by atoms with E-state index in [-0.39, 0.29) is 0 Å². The Morgan fingerprint density at radius 1 is 1.36 bits per heavy atom. The van der Waals surface area contributed by atoms with Gasteiger partial charge in [-0.05, 0) is 10.1 Å². The Bertz CT molecular complexity index is 255. The molecule has 0 aromatic heterocycles. The highest BCUT2D eigenvalue weighted by Crippen LogP contribution is 2.15. The van der Waals surface area contributed by atoms with E-state index in [1.54, 1.807) is 36.4 Å². The molecule has 0 amide bonds. The molecule has 0 bridgehead atoms. The van der Waals surface area contributed by atoms with Crippen molar-refractivity contribution in [3.8, 4) is 6.07 Å². The first-order chi connectivity index (χ1) is 5.38. The van der Waals surface area contributed by atoms with Gasteiger partial charge in [0, 0.05) is 0 Å². The zero-order chi connectivity index (χ0) is 8.10. The van der Waals surface area contributed by atoms with Gasteiger partial charge < -0.3 is 0 Å². The molecule has 0 aliphatic carbocycles. The first-order valence-corrected chi connectivity index (χ1v) is 3.10. The molecule has 0 heterocycles. The molecule has 3 heteroatoms. The van der Waals surface area contributed by atoms with E-state index in [0.717, 1.165) is 0 Å². The maximum atomic E-state index is 11.6. The summed E-state index contributed by atoms with van der Waals surface area (Å²) in [5.41, 5.74) is 0.525. The minimum absolute atomic E-state index is 0.525. The van der Waals surface area contributed by atoms with Crippen molar-refractivity contribution in [2.75, 3.05) is 0 Å². The van der Waals surface area contributed by atoms with E-state index in [2.05, 4.69) is 4.94 Å². The predicted molar refractivity (Wildman–Crippen MR) is 37.0 cm³/mol. The van der Waals surface area contributed by atoms with Crippen molar-refractivity contribution in [3.63, 3.8) is 0 Å². The number of benzene rings is 1. The Morgan fingerprint density at radius 2 is 2.00 bits per heavy atom. The lowest BCUT2D eigenvalue weighted by molar-refractivity contribution is -0.161. The molecule has 56 valence electrons. The molecule has 1 atom stereocenters. The van der Waals surface area contributed by atoms with Gasteiger partial charge in [-0.15, -0.1) is 0 Å². The first kappa shape index (κ1) is 7.70. The second kappa shape index (κ2) is 3.69. The van der Waals surface area contributed by atoms with Crippen LogP contribution in [0.3, 0.4) is 0 Å². The van der Waals surface area contributed by atoms with E-state index in [4.69, 9.17) is 5.26 Å². The van der Waals surface area contributed by atoms with Gasteiger partial charge in [-0.3, -0.25) is 0 Å². The molecular formula is C8H6FNO. The quantitative estimate of drug-likeness (QED) is 0.648. The summed E-state index contributed by atoms with van der Waals surface area (Å²) in [4.78, 5) is 3.42. The van der Waals surface area contributed by atoms with E-state index in [0.29, 0.717) is 5.56 Å². The van der Waals surface area contributed by atoms with Gasteiger partial charge in [0.15, 0.2) is 0 Å². The van der Waals surface area contributed by atoms with Crippen LogP contribution < -0.4 is 0 Å². The molecule has 0 radical (unpaired) electrons. The fraction of sp³-hybridized carbons (Fsp3) is 0.125. The molecule has 0 aliphatic rings. The molecule has 1 unspecified atom stereocenters. The maximum absolute atomic E-state index is 11.6. The van der Waals surface area contributed by atoms with Crippen LogP contribution in [0.15, 0.2) is 30.3 Å². The number of nitriles is 1. The Labute approximate surface area is 63.7 Å². The molecule has 0 fully saturated rings. The largest absolute Gasteiger partial charge is 0.209 e. The maximum Gasteiger partial charge on any atom is 0.209 e. The van der Waals surface area contributed by atoms with Crippen molar-refractivity contribution >= 4 is 0 Å². The van der Waals surface area contributed by atoms with Gasteiger partial charge in [-0.2, -0.15) is 10.2 Å². The number of hydrogen-bond donors (Lipinski definition) is 0. The summed E-state index contributed by atoms with van der Waals surface area (Å²) >= 11 is 0. The average Bonchev–Trinajstić information content (AvgIpc) is 2.09. The van der Waals surface area contributed by atoms with E-state index < -0.39 is 6.10 Å². The molecular weight excluding hydrogens is 145 g/mol. The summed E-state index contributed by atoms with van der Waals surface area (Å²) in [5.74, 6) is 0. The van der Waals surface area contributed by atoms with E-state index in [1.807, 2.05) is 0 Å². The molecule has 2 nitrogen and oxygen atoms in total. The monoisotopic (exact) mass is 151 g/mol. The predicted octanol–water partition coefficient (Wildman–Crippen LogP) is 2.15. The third kappa shape index (κ3) is 1.76. The van der Waals surface area contributed by atoms with Gasteiger partial charge in [0.2, 0.25) is 6.10 Å². The van der Waals surface area contributed by atoms with Crippen LogP contribution in [0.5, 0.6) is 0 Å². The molecule has 0 N–H and O–H groups in total. The van der Waals surface area contributed by atoms with Gasteiger partial charge in [0.25, 0.3) is 0 Å². The van der Waals surface area contributed by atoms with Crippen molar-refractivity contribution < 1.29 is 9.47 Å². The van der Waals surface area contributed by atoms with Crippen LogP contribution >= 0.6 is 0 Å². The van der Waals surface area contributed by atoms with Crippen LogP contribution in [0.2, 0.25) is 0 Å². The number of halogens is 1. The lowest BCUT2D eigenvalue weighted by Crippen LogP contribution is -1.93. The summed E-state index contributed by atoms with van der Waals surface area (Å²) in [6.07, 6.45) is -1.10. The summed E-state index contributed by atoms with van der Waals surface area (Å²) in [7, 11) is 0. The smallest absolute Gasteiger partial charge is 0.195 e. The van der Waals surface area contributed by atoms with Gasteiger partial charge >= 0.3 is 0 Å². The Hall–Kier alpha value is -1.40. The van der Waals surface area contributed by atoms with Gasteiger partial charge in [-0.25, -0.2) is 0 Å². The topological polar surface area (TPSA) is 33.0 Å². The van der Waals surface area contributed by atoms with E-state index in [9.17, 15) is 4.53 Å². The SMILES string of the molecule is N#CC(OF)c1ccccc1. The highest BCUT2D eigenvalue weighted by molar-refractivity contribution is 5.21. The number of rotatable bonds is 2. The standard InChI is InChI=1S/C8H6FNO/c9-11-8(6-10)7-4-2-1-3-5-7/h1-5,8H. The third-order valence-electron chi connectivity index (χ3n) is 1.31. The zero-order valence-electron chi connectivity index (χ0n) is 5.70. The van der Waals surface area contributed by atoms with Crippen molar-refractivity contribution in [2.45, 2.75) is 6.10 Å². The Kier molecular flexibility index (Phi) is 2.59. The van der Waals surface area contributed by atoms with Gasteiger partial charge in [-0.1, -0.05) is 30.3 Å². The lowest BCUT2D eigenvalue weighted by atomic mass is 10.1. The molecule has 1 aromatic carbocycles. The summed E-state index contributed by atoms with van der Waals surface area (Å²) in [6, 6.07) is 10.2. The van der Waals surface area contributed by atoms with Crippen molar-refractivity contribution in [2.24, 2.45) is 0 Å². The second-order valence-corrected chi connectivity index (χ2v) is 2.01. The van der Waals surface area contributed by atoms with Crippen molar-refractivity contribution in [3.05, 3.63) is 35.9 Å². The van der Waals surface area contributed by atoms with E-state index >= 15 is 0 Å². The minimum Gasteiger partial charge on any atom is -0.195 e. The third-order valence-corrected chi connectivity index (χ3v) is 1.31. The highest BCUT2D eigenvalue weighted by atomic mass is 19.3. The molecule has 11 heavy (non-hydrogen) atoms. The zero-order valence-corrected chi connectivity index (χ0v) is 5.70. The molecule has 1 rings (SSSR count). The summed E-state index contributed by atoms with van der Waals surface area (Å²) in [6.45, 7) is 0.